The third-order valence-electron chi connectivity index (χ3n) is 2.43. The van der Waals surface area contributed by atoms with Crippen molar-refractivity contribution in [2.75, 3.05) is 0 Å². The third-order valence-corrected chi connectivity index (χ3v) is 2.43. The summed E-state index contributed by atoms with van der Waals surface area (Å²) < 4.78 is 0. The van der Waals surface area contributed by atoms with Gasteiger partial charge in [0.15, 0.2) is 0 Å². The van der Waals surface area contributed by atoms with Crippen LogP contribution in [0.25, 0.3) is 0 Å². The maximum atomic E-state index is 4.49. The van der Waals surface area contributed by atoms with E-state index in [2.05, 4.69) is 38.7 Å². The van der Waals surface area contributed by atoms with E-state index >= 15 is 0 Å². The molecule has 0 atom stereocenters. The van der Waals surface area contributed by atoms with E-state index in [9.17, 15) is 0 Å². The first-order valence-electron chi connectivity index (χ1n) is 5.16. The predicted octanol–water partition coefficient (Wildman–Crippen LogP) is 3.33. The molecule has 0 saturated carbocycles. The van der Waals surface area contributed by atoms with Gasteiger partial charge in [0.05, 0.1) is 0 Å². The van der Waals surface area contributed by atoms with E-state index in [0.717, 1.165) is 12.8 Å². The molecule has 0 radical (unpaired) electrons. The van der Waals surface area contributed by atoms with Crippen LogP contribution in [-0.4, -0.2) is 4.98 Å². The van der Waals surface area contributed by atoms with Crippen molar-refractivity contribution in [3.63, 3.8) is 0 Å². The van der Waals surface area contributed by atoms with Gasteiger partial charge in [-0.25, -0.2) is 0 Å². The summed E-state index contributed by atoms with van der Waals surface area (Å²) in [4.78, 5) is 4.49. The molecule has 1 aromatic rings. The van der Waals surface area contributed by atoms with Crippen molar-refractivity contribution in [1.82, 2.24) is 4.98 Å². The number of hydrogen-bond acceptors (Lipinski definition) is 1. The quantitative estimate of drug-likeness (QED) is 0.690. The zero-order valence-electron chi connectivity index (χ0n) is 9.09. The number of pyridine rings is 1. The van der Waals surface area contributed by atoms with Gasteiger partial charge >= 0.3 is 0 Å². The summed E-state index contributed by atoms with van der Waals surface area (Å²) in [6, 6.07) is 2.30. The number of aromatic nitrogens is 1. The lowest BCUT2D eigenvalue weighted by atomic mass is 9.98. The molecule has 13 heavy (non-hydrogen) atoms. The van der Waals surface area contributed by atoms with Crippen molar-refractivity contribution in [2.24, 2.45) is 0 Å². The van der Waals surface area contributed by atoms with Crippen LogP contribution in [0.4, 0.5) is 0 Å². The first kappa shape index (κ1) is 10.2. The summed E-state index contributed by atoms with van der Waals surface area (Å²) in [6.45, 7) is 8.80. The monoisotopic (exact) mass is 177 g/mol. The molecule has 0 N–H and O–H groups in total. The molecule has 0 aromatic carbocycles. The molecule has 1 nitrogen and oxygen atoms in total. The van der Waals surface area contributed by atoms with Crippen LogP contribution in [0.1, 0.15) is 50.4 Å². The van der Waals surface area contributed by atoms with Crippen molar-refractivity contribution in [3.8, 4) is 0 Å². The molecule has 0 unspecified atom stereocenters. The average Bonchev–Trinajstić information content (AvgIpc) is 2.16. The number of aryl methyl sites for hydroxylation is 2. The van der Waals surface area contributed by atoms with Gasteiger partial charge in [0.2, 0.25) is 0 Å². The second-order valence-electron chi connectivity index (χ2n) is 3.74. The SMILES string of the molecule is CCc1cnc(CC)c(C(C)C)c1. The second kappa shape index (κ2) is 4.40. The van der Waals surface area contributed by atoms with Crippen LogP contribution in [0.3, 0.4) is 0 Å². The van der Waals surface area contributed by atoms with Gasteiger partial charge in [-0.05, 0) is 29.9 Å². The van der Waals surface area contributed by atoms with Crippen LogP contribution in [0.2, 0.25) is 0 Å². The molecule has 0 aliphatic heterocycles. The van der Waals surface area contributed by atoms with Crippen molar-refractivity contribution < 1.29 is 0 Å². The summed E-state index contributed by atoms with van der Waals surface area (Å²) in [5.41, 5.74) is 4.02. The molecule has 1 rings (SSSR count). The summed E-state index contributed by atoms with van der Waals surface area (Å²) >= 11 is 0. The maximum absolute atomic E-state index is 4.49. The summed E-state index contributed by atoms with van der Waals surface area (Å²) in [5.74, 6) is 0.592. The predicted molar refractivity (Wildman–Crippen MR) is 57.1 cm³/mol. The van der Waals surface area contributed by atoms with Gasteiger partial charge in [-0.15, -0.1) is 0 Å². The highest BCUT2D eigenvalue weighted by Gasteiger charge is 2.06. The lowest BCUT2D eigenvalue weighted by Crippen LogP contribution is -2.00. The maximum Gasteiger partial charge on any atom is 0.0435 e. The average molecular weight is 177 g/mol. The number of nitrogens with zero attached hydrogens (tertiary/aromatic N) is 1. The molecule has 0 fully saturated rings. The topological polar surface area (TPSA) is 12.9 Å². The molecule has 0 saturated heterocycles. The Morgan fingerprint density at radius 3 is 2.38 bits per heavy atom. The third kappa shape index (κ3) is 2.30. The van der Waals surface area contributed by atoms with Crippen molar-refractivity contribution in [1.29, 1.82) is 0 Å². The Morgan fingerprint density at radius 1 is 1.23 bits per heavy atom. The smallest absolute Gasteiger partial charge is 0.0435 e. The minimum Gasteiger partial charge on any atom is -0.261 e. The Hall–Kier alpha value is -0.850. The Labute approximate surface area is 81.2 Å². The van der Waals surface area contributed by atoms with E-state index < -0.39 is 0 Å². The first-order valence-corrected chi connectivity index (χ1v) is 5.16. The molecule has 0 spiro atoms. The lowest BCUT2D eigenvalue weighted by molar-refractivity contribution is 0.817. The van der Waals surface area contributed by atoms with Crippen LogP contribution in [0.5, 0.6) is 0 Å². The van der Waals surface area contributed by atoms with Crippen molar-refractivity contribution in [2.45, 2.75) is 46.5 Å². The molecule has 1 heteroatoms. The van der Waals surface area contributed by atoms with Crippen LogP contribution < -0.4 is 0 Å². The van der Waals surface area contributed by atoms with Crippen molar-refractivity contribution in [3.05, 3.63) is 29.1 Å². The molecular formula is C12H19N. The van der Waals surface area contributed by atoms with Crippen LogP contribution >= 0.6 is 0 Å². The Bertz CT molecular complexity index is 276. The molecule has 1 aromatic heterocycles. The highest BCUT2D eigenvalue weighted by molar-refractivity contribution is 5.28. The fourth-order valence-electron chi connectivity index (χ4n) is 1.54. The molecule has 0 aliphatic rings. The van der Waals surface area contributed by atoms with Gasteiger partial charge in [0, 0.05) is 11.9 Å². The van der Waals surface area contributed by atoms with Gasteiger partial charge < -0.3 is 0 Å². The van der Waals surface area contributed by atoms with Gasteiger partial charge in [-0.1, -0.05) is 33.8 Å². The lowest BCUT2D eigenvalue weighted by Gasteiger charge is -2.11. The Morgan fingerprint density at radius 2 is 1.92 bits per heavy atom. The molecule has 0 bridgehead atoms. The van der Waals surface area contributed by atoms with E-state index in [1.165, 1.54) is 16.8 Å². The normalized spacial score (nSPS) is 10.8. The van der Waals surface area contributed by atoms with Crippen LogP contribution in [0.15, 0.2) is 12.3 Å². The van der Waals surface area contributed by atoms with Gasteiger partial charge in [0.25, 0.3) is 0 Å². The standard InChI is InChI=1S/C12H19N/c1-5-10-7-11(9(3)4)12(6-2)13-8-10/h7-9H,5-6H2,1-4H3. The highest BCUT2D eigenvalue weighted by Crippen LogP contribution is 2.19. The van der Waals surface area contributed by atoms with Gasteiger partial charge in [0.1, 0.15) is 0 Å². The fourth-order valence-corrected chi connectivity index (χ4v) is 1.54. The fraction of sp³-hybridized carbons (Fsp3) is 0.583. The second-order valence-corrected chi connectivity index (χ2v) is 3.74. The highest BCUT2D eigenvalue weighted by atomic mass is 14.7. The molecule has 72 valence electrons. The van der Waals surface area contributed by atoms with Gasteiger partial charge in [-0.3, -0.25) is 4.98 Å². The first-order chi connectivity index (χ1) is 6.19. The van der Waals surface area contributed by atoms with Gasteiger partial charge in [-0.2, -0.15) is 0 Å². The van der Waals surface area contributed by atoms with E-state index in [1.54, 1.807) is 0 Å². The molecule has 0 amide bonds. The zero-order chi connectivity index (χ0) is 9.84. The van der Waals surface area contributed by atoms with E-state index in [1.807, 2.05) is 6.20 Å². The molecular weight excluding hydrogens is 158 g/mol. The van der Waals surface area contributed by atoms with Crippen molar-refractivity contribution >= 4 is 0 Å². The zero-order valence-corrected chi connectivity index (χ0v) is 9.09. The number of rotatable bonds is 3. The van der Waals surface area contributed by atoms with E-state index in [4.69, 9.17) is 0 Å². The minimum atomic E-state index is 0.592. The van der Waals surface area contributed by atoms with Crippen LogP contribution in [-0.2, 0) is 12.8 Å². The largest absolute Gasteiger partial charge is 0.261 e. The van der Waals surface area contributed by atoms with E-state index in [0.29, 0.717) is 5.92 Å². The molecule has 0 aliphatic carbocycles. The summed E-state index contributed by atoms with van der Waals surface area (Å²) in [7, 11) is 0. The van der Waals surface area contributed by atoms with Crippen LogP contribution in [0, 0.1) is 0 Å². The van der Waals surface area contributed by atoms with E-state index in [-0.39, 0.29) is 0 Å². The minimum absolute atomic E-state index is 0.592. The Kier molecular flexibility index (Phi) is 3.47. The Balaban J connectivity index is 3.10. The number of hydrogen-bond donors (Lipinski definition) is 0. The summed E-state index contributed by atoms with van der Waals surface area (Å²) in [6.07, 6.45) is 4.12. The molecule has 1 heterocycles. The summed E-state index contributed by atoms with van der Waals surface area (Å²) in [5, 5.41) is 0.